The van der Waals surface area contributed by atoms with Crippen LogP contribution < -0.4 is 10.6 Å². The molecule has 1 fully saturated rings. The molecule has 2 heterocycles. The molecule has 0 saturated heterocycles. The van der Waals surface area contributed by atoms with Gasteiger partial charge < -0.3 is 15.2 Å². The minimum atomic E-state index is -0.410. The van der Waals surface area contributed by atoms with Crippen LogP contribution in [0.3, 0.4) is 0 Å². The molecule has 1 saturated carbocycles. The zero-order valence-corrected chi connectivity index (χ0v) is 17.0. The first-order chi connectivity index (χ1) is 14.6. The third-order valence-electron chi connectivity index (χ3n) is 5.88. The Hall–Kier alpha value is -2.93. The lowest BCUT2D eigenvalue weighted by Gasteiger charge is -2.36. The zero-order valence-electron chi connectivity index (χ0n) is 16.2. The van der Waals surface area contributed by atoms with E-state index in [2.05, 4.69) is 25.4 Å². The van der Waals surface area contributed by atoms with Crippen LogP contribution >= 0.6 is 11.6 Å². The van der Waals surface area contributed by atoms with Crippen LogP contribution in [0.1, 0.15) is 36.6 Å². The number of aromatic nitrogens is 3. The Morgan fingerprint density at radius 1 is 1.17 bits per heavy atom. The van der Waals surface area contributed by atoms with Crippen LogP contribution in [0.25, 0.3) is 11.4 Å². The van der Waals surface area contributed by atoms with Crippen molar-refractivity contribution in [2.24, 2.45) is 0 Å². The molecule has 2 amide bonds. The van der Waals surface area contributed by atoms with E-state index in [0.29, 0.717) is 5.69 Å². The number of urea groups is 1. The highest BCUT2D eigenvalue weighted by Crippen LogP contribution is 2.38. The van der Waals surface area contributed by atoms with Crippen molar-refractivity contribution in [3.8, 4) is 11.4 Å². The smallest absolute Gasteiger partial charge is 0.319 e. The highest BCUT2D eigenvalue weighted by atomic mass is 35.5. The van der Waals surface area contributed by atoms with Gasteiger partial charge in [0, 0.05) is 30.3 Å². The summed E-state index contributed by atoms with van der Waals surface area (Å²) in [4.78, 5) is 12.4. The van der Waals surface area contributed by atoms with Gasteiger partial charge >= 0.3 is 6.03 Å². The number of halogens is 2. The maximum atomic E-state index is 13.3. The van der Waals surface area contributed by atoms with Crippen molar-refractivity contribution in [1.82, 2.24) is 20.1 Å². The summed E-state index contributed by atoms with van der Waals surface area (Å²) in [5.41, 5.74) is 2.65. The van der Waals surface area contributed by atoms with E-state index in [-0.39, 0.29) is 23.0 Å². The van der Waals surface area contributed by atoms with E-state index in [4.69, 9.17) is 11.6 Å². The summed E-state index contributed by atoms with van der Waals surface area (Å²) in [5.74, 6) is 1.73. The molecule has 2 N–H and O–H groups in total. The fourth-order valence-corrected chi connectivity index (χ4v) is 4.42. The van der Waals surface area contributed by atoms with Gasteiger partial charge in [0.05, 0.1) is 5.02 Å². The lowest BCUT2D eigenvalue weighted by molar-refractivity contribution is 0.233. The molecule has 1 aliphatic carbocycles. The third-order valence-corrected chi connectivity index (χ3v) is 6.17. The summed E-state index contributed by atoms with van der Waals surface area (Å²) in [6.07, 6.45) is 3.66. The number of amides is 2. The highest BCUT2D eigenvalue weighted by Gasteiger charge is 2.31. The molecule has 2 aliphatic rings. The summed E-state index contributed by atoms with van der Waals surface area (Å²) in [6.45, 7) is 0.928. The maximum Gasteiger partial charge on any atom is 0.319 e. The average molecular weight is 426 g/mol. The fraction of sp³-hybridized carbons (Fsp3) is 0.318. The quantitative estimate of drug-likeness (QED) is 0.633. The molecule has 0 unspecified atom stereocenters. The van der Waals surface area contributed by atoms with Crippen molar-refractivity contribution >= 4 is 23.3 Å². The Balaban J connectivity index is 1.18. The van der Waals surface area contributed by atoms with Gasteiger partial charge in [-0.05, 0) is 55.0 Å². The van der Waals surface area contributed by atoms with Crippen LogP contribution in [0.4, 0.5) is 14.9 Å². The molecule has 1 aliphatic heterocycles. The zero-order chi connectivity index (χ0) is 20.7. The molecule has 0 radical (unpaired) electrons. The monoisotopic (exact) mass is 425 g/mol. The number of nitrogens with zero attached hydrogens (tertiary/aromatic N) is 3. The van der Waals surface area contributed by atoms with Gasteiger partial charge in [-0.25, -0.2) is 9.18 Å². The van der Waals surface area contributed by atoms with Gasteiger partial charge in [-0.3, -0.25) is 0 Å². The number of hydrogen-bond donors (Lipinski definition) is 2. The molecule has 0 bridgehead atoms. The first kappa shape index (κ1) is 19.1. The van der Waals surface area contributed by atoms with Gasteiger partial charge in [0.25, 0.3) is 0 Å². The second-order valence-electron chi connectivity index (χ2n) is 7.91. The molecular weight excluding hydrogens is 405 g/mol. The number of fused-ring (bicyclic) bond motifs is 1. The number of anilines is 1. The predicted molar refractivity (Wildman–Crippen MR) is 113 cm³/mol. The maximum absolute atomic E-state index is 13.3. The van der Waals surface area contributed by atoms with E-state index < -0.39 is 5.82 Å². The summed E-state index contributed by atoms with van der Waals surface area (Å²) < 4.78 is 15.5. The van der Waals surface area contributed by atoms with Crippen molar-refractivity contribution in [1.29, 1.82) is 0 Å². The Bertz CT molecular complexity index is 1110. The number of rotatable bonds is 4. The van der Waals surface area contributed by atoms with Gasteiger partial charge in [0.15, 0.2) is 5.82 Å². The Morgan fingerprint density at radius 2 is 2.03 bits per heavy atom. The van der Waals surface area contributed by atoms with Crippen LogP contribution in [0, 0.1) is 5.82 Å². The largest absolute Gasteiger partial charge is 0.335 e. The molecule has 0 spiro atoms. The molecule has 30 heavy (non-hydrogen) atoms. The molecule has 1 aromatic heterocycles. The molecular formula is C22H21ClFN5O. The van der Waals surface area contributed by atoms with E-state index in [9.17, 15) is 9.18 Å². The summed E-state index contributed by atoms with van der Waals surface area (Å²) in [5, 5.41) is 14.6. The second-order valence-corrected chi connectivity index (χ2v) is 8.32. The van der Waals surface area contributed by atoms with Crippen LogP contribution in [0.5, 0.6) is 0 Å². The summed E-state index contributed by atoms with van der Waals surface area (Å²) in [7, 11) is 0. The standard InChI is InChI=1S/C22H21ClFN5O/c23-18-12-13(6-7-19(18)24)15-10-17(11-15)26-22(30)25-16-4-1-3-14(9-16)21-28-27-20-5-2-8-29(20)21/h1,3-4,6-7,9,12,15,17H,2,5,8,10-11H2,(H2,25,26,30). The lowest BCUT2D eigenvalue weighted by atomic mass is 9.76. The van der Waals surface area contributed by atoms with E-state index in [1.807, 2.05) is 24.3 Å². The number of benzene rings is 2. The average Bonchev–Trinajstić information content (AvgIpc) is 3.31. The van der Waals surface area contributed by atoms with E-state index >= 15 is 0 Å². The second kappa shape index (κ2) is 7.72. The molecule has 0 atom stereocenters. The minimum Gasteiger partial charge on any atom is -0.335 e. The number of carbonyl (C=O) groups excluding carboxylic acids is 1. The minimum absolute atomic E-state index is 0.0850. The van der Waals surface area contributed by atoms with Gasteiger partial charge in [0.1, 0.15) is 11.6 Å². The fourth-order valence-electron chi connectivity index (χ4n) is 4.23. The first-order valence-electron chi connectivity index (χ1n) is 10.1. The van der Waals surface area contributed by atoms with Crippen LogP contribution in [0.2, 0.25) is 5.02 Å². The first-order valence-corrected chi connectivity index (χ1v) is 10.5. The number of aryl methyl sites for hydroxylation is 1. The van der Waals surface area contributed by atoms with E-state index in [0.717, 1.165) is 55.0 Å². The van der Waals surface area contributed by atoms with Crippen molar-refractivity contribution in [3.63, 3.8) is 0 Å². The Labute approximate surface area is 178 Å². The van der Waals surface area contributed by atoms with E-state index in [1.165, 1.54) is 6.07 Å². The molecule has 8 heteroatoms. The molecule has 3 aromatic rings. The van der Waals surface area contributed by atoms with Gasteiger partial charge in [-0.2, -0.15) is 0 Å². The van der Waals surface area contributed by atoms with Gasteiger partial charge in [-0.1, -0.05) is 29.8 Å². The Kier molecular flexibility index (Phi) is 4.90. The van der Waals surface area contributed by atoms with Crippen molar-refractivity contribution < 1.29 is 9.18 Å². The summed E-state index contributed by atoms with van der Waals surface area (Å²) >= 11 is 5.87. The highest BCUT2D eigenvalue weighted by molar-refractivity contribution is 6.30. The van der Waals surface area contributed by atoms with Crippen molar-refractivity contribution in [2.45, 2.75) is 44.2 Å². The van der Waals surface area contributed by atoms with E-state index in [1.54, 1.807) is 12.1 Å². The molecule has 154 valence electrons. The van der Waals surface area contributed by atoms with Crippen LogP contribution in [-0.2, 0) is 13.0 Å². The van der Waals surface area contributed by atoms with Gasteiger partial charge in [0.2, 0.25) is 0 Å². The number of hydrogen-bond acceptors (Lipinski definition) is 3. The van der Waals surface area contributed by atoms with Crippen LogP contribution in [0.15, 0.2) is 42.5 Å². The summed E-state index contributed by atoms with van der Waals surface area (Å²) in [6, 6.07) is 12.3. The Morgan fingerprint density at radius 3 is 2.87 bits per heavy atom. The van der Waals surface area contributed by atoms with Crippen molar-refractivity contribution in [3.05, 3.63) is 64.7 Å². The topological polar surface area (TPSA) is 71.8 Å². The molecule has 2 aromatic carbocycles. The normalized spacial score (nSPS) is 19.8. The van der Waals surface area contributed by atoms with Gasteiger partial charge in [-0.15, -0.1) is 10.2 Å². The molecule has 6 nitrogen and oxygen atoms in total. The van der Waals surface area contributed by atoms with Crippen LogP contribution in [-0.4, -0.2) is 26.8 Å². The third kappa shape index (κ3) is 3.65. The number of carbonyl (C=O) groups is 1. The number of nitrogens with one attached hydrogen (secondary N) is 2. The lowest BCUT2D eigenvalue weighted by Crippen LogP contribution is -2.45. The predicted octanol–water partition coefficient (Wildman–Crippen LogP) is 4.75. The molecule has 5 rings (SSSR count). The van der Waals surface area contributed by atoms with Crippen molar-refractivity contribution in [2.75, 3.05) is 5.32 Å². The SMILES string of the molecule is O=C(Nc1cccc(-c2nnc3n2CCC3)c1)NC1CC(c2ccc(F)c(Cl)c2)C1.